The molecule has 1 unspecified atom stereocenters. The fraction of sp³-hybridized carbons (Fsp3) is 0.188. The lowest BCUT2D eigenvalue weighted by Gasteiger charge is -2.28. The van der Waals surface area contributed by atoms with Crippen molar-refractivity contribution in [1.82, 2.24) is 0 Å². The molecule has 1 atom stereocenters. The third kappa shape index (κ3) is 2.28. The highest BCUT2D eigenvalue weighted by molar-refractivity contribution is 6.04. The minimum atomic E-state index is -0.0332. The van der Waals surface area contributed by atoms with Crippen molar-refractivity contribution in [3.05, 3.63) is 66.8 Å². The van der Waals surface area contributed by atoms with E-state index in [2.05, 4.69) is 18.2 Å². The van der Waals surface area contributed by atoms with Gasteiger partial charge in [-0.25, -0.2) is 0 Å². The lowest BCUT2D eigenvalue weighted by atomic mass is 9.95. The maximum atomic E-state index is 6.00. The first-order valence-electron chi connectivity index (χ1n) is 5.97. The van der Waals surface area contributed by atoms with E-state index >= 15 is 0 Å². The summed E-state index contributed by atoms with van der Waals surface area (Å²) in [6.45, 7) is 7.54. The molecule has 92 valence electrons. The number of para-hydroxylation sites is 1. The molecule has 0 amide bonds. The molecule has 0 spiro atoms. The maximum Gasteiger partial charge on any atom is 0.129 e. The average molecular weight is 239 g/mol. The molecule has 0 saturated heterocycles. The molecule has 0 N–H and O–H groups in total. The van der Waals surface area contributed by atoms with Crippen molar-refractivity contribution in [3.8, 4) is 5.75 Å². The first-order valence-corrected chi connectivity index (χ1v) is 5.97. The zero-order chi connectivity index (χ0) is 13.0. The smallest absolute Gasteiger partial charge is 0.129 e. The van der Waals surface area contributed by atoms with Crippen LogP contribution in [0, 0.1) is 0 Å². The van der Waals surface area contributed by atoms with Crippen LogP contribution in [0.25, 0.3) is 0 Å². The van der Waals surface area contributed by atoms with Crippen LogP contribution in [-0.4, -0.2) is 18.9 Å². The fourth-order valence-electron chi connectivity index (χ4n) is 2.13. The second kappa shape index (κ2) is 5.50. The molecule has 0 aromatic heterocycles. The van der Waals surface area contributed by atoms with Crippen molar-refractivity contribution in [2.45, 2.75) is 12.5 Å². The highest BCUT2D eigenvalue weighted by atomic mass is 16.5. The molecule has 0 saturated carbocycles. The van der Waals surface area contributed by atoms with Crippen LogP contribution in [0.1, 0.15) is 12.0 Å². The number of aliphatic imine (C=N–C) groups is 1. The predicted octanol–water partition coefficient (Wildman–Crippen LogP) is 3.56. The Kier molecular flexibility index (Phi) is 3.78. The van der Waals surface area contributed by atoms with Gasteiger partial charge in [0.05, 0.1) is 0 Å². The van der Waals surface area contributed by atoms with Gasteiger partial charge in [-0.15, -0.1) is 0 Å². The van der Waals surface area contributed by atoms with E-state index in [0.717, 1.165) is 29.0 Å². The van der Waals surface area contributed by atoms with Gasteiger partial charge in [-0.05, 0) is 17.7 Å². The van der Waals surface area contributed by atoms with Crippen LogP contribution in [0.15, 0.2) is 66.2 Å². The Balaban J connectivity index is 2.39. The number of fused-ring (bicyclic) bond motifs is 1. The van der Waals surface area contributed by atoms with Crippen molar-refractivity contribution in [2.24, 2.45) is 4.99 Å². The van der Waals surface area contributed by atoms with Crippen LogP contribution in [0.5, 0.6) is 5.75 Å². The Labute approximate surface area is 108 Å². The fourth-order valence-corrected chi connectivity index (χ4v) is 2.13. The van der Waals surface area contributed by atoms with Crippen LogP contribution in [0.4, 0.5) is 0 Å². The molecule has 2 rings (SSSR count). The molecule has 0 aliphatic carbocycles. The largest absolute Gasteiger partial charge is 0.485 e. The molecule has 1 heterocycles. The molecule has 1 aliphatic rings. The summed E-state index contributed by atoms with van der Waals surface area (Å²) in [4.78, 5) is 4.37. The van der Waals surface area contributed by atoms with Gasteiger partial charge in [0, 0.05) is 24.7 Å². The molecule has 1 aromatic rings. The van der Waals surface area contributed by atoms with E-state index in [1.807, 2.05) is 43.5 Å². The van der Waals surface area contributed by atoms with Crippen molar-refractivity contribution in [1.29, 1.82) is 0 Å². The zero-order valence-corrected chi connectivity index (χ0v) is 10.6. The molecule has 18 heavy (non-hydrogen) atoms. The number of hydrogen-bond donors (Lipinski definition) is 0. The SMILES string of the molecule is C=C/C=C(\C=C)C1CC(=NC)c2ccccc2O1. The molecule has 1 aromatic carbocycles. The molecular weight excluding hydrogens is 222 g/mol. The van der Waals surface area contributed by atoms with Gasteiger partial charge in [0.15, 0.2) is 0 Å². The van der Waals surface area contributed by atoms with Crippen LogP contribution >= 0.6 is 0 Å². The maximum absolute atomic E-state index is 6.00. The van der Waals surface area contributed by atoms with Crippen molar-refractivity contribution in [3.63, 3.8) is 0 Å². The van der Waals surface area contributed by atoms with E-state index in [9.17, 15) is 0 Å². The standard InChI is InChI=1S/C16H17NO/c1-4-8-12(5-2)16-11-14(17-3)13-9-6-7-10-15(13)18-16/h4-10,16H,1-2,11H2,3H3/b12-8+,17-14?. The summed E-state index contributed by atoms with van der Waals surface area (Å²) in [7, 11) is 1.82. The minimum Gasteiger partial charge on any atom is -0.485 e. The van der Waals surface area contributed by atoms with Crippen LogP contribution in [-0.2, 0) is 0 Å². The summed E-state index contributed by atoms with van der Waals surface area (Å²) in [5.74, 6) is 0.881. The number of allylic oxidation sites excluding steroid dienone is 2. The molecule has 2 nitrogen and oxygen atoms in total. The minimum absolute atomic E-state index is 0.0332. The lowest BCUT2D eigenvalue weighted by molar-refractivity contribution is 0.241. The summed E-state index contributed by atoms with van der Waals surface area (Å²) in [6.07, 6.45) is 6.23. The second-order valence-electron chi connectivity index (χ2n) is 4.08. The quantitative estimate of drug-likeness (QED) is 0.739. The molecule has 0 fully saturated rings. The molecule has 2 heteroatoms. The zero-order valence-electron chi connectivity index (χ0n) is 10.6. The summed E-state index contributed by atoms with van der Waals surface area (Å²) in [5.41, 5.74) is 3.18. The van der Waals surface area contributed by atoms with E-state index in [0.29, 0.717) is 0 Å². The Bertz CT molecular complexity index is 526. The van der Waals surface area contributed by atoms with Gasteiger partial charge in [0.1, 0.15) is 11.9 Å². The summed E-state index contributed by atoms with van der Waals surface area (Å²) in [6, 6.07) is 7.99. The first kappa shape index (κ1) is 12.4. The predicted molar refractivity (Wildman–Crippen MR) is 76.4 cm³/mol. The first-order chi connectivity index (χ1) is 8.80. The normalized spacial score (nSPS) is 21.1. The third-order valence-corrected chi connectivity index (χ3v) is 3.03. The Morgan fingerprint density at radius 3 is 2.83 bits per heavy atom. The van der Waals surface area contributed by atoms with E-state index in [4.69, 9.17) is 4.74 Å². The number of rotatable bonds is 3. The molecule has 1 aliphatic heterocycles. The van der Waals surface area contributed by atoms with E-state index < -0.39 is 0 Å². The summed E-state index contributed by atoms with van der Waals surface area (Å²) < 4.78 is 6.00. The van der Waals surface area contributed by atoms with Gasteiger partial charge in [-0.2, -0.15) is 0 Å². The summed E-state index contributed by atoms with van der Waals surface area (Å²) >= 11 is 0. The summed E-state index contributed by atoms with van der Waals surface area (Å²) in [5, 5.41) is 0. The van der Waals surface area contributed by atoms with Gasteiger partial charge < -0.3 is 4.74 Å². The lowest BCUT2D eigenvalue weighted by Crippen LogP contribution is -2.28. The highest BCUT2D eigenvalue weighted by Gasteiger charge is 2.25. The van der Waals surface area contributed by atoms with E-state index in [1.54, 1.807) is 6.08 Å². The molecular formula is C16H17NO. The molecule has 0 radical (unpaired) electrons. The van der Waals surface area contributed by atoms with Gasteiger partial charge in [-0.3, -0.25) is 4.99 Å². The van der Waals surface area contributed by atoms with Crippen LogP contribution in [0.2, 0.25) is 0 Å². The van der Waals surface area contributed by atoms with Crippen molar-refractivity contribution < 1.29 is 4.74 Å². The number of ether oxygens (including phenoxy) is 1. The van der Waals surface area contributed by atoms with Gasteiger partial charge in [0.25, 0.3) is 0 Å². The molecule has 0 bridgehead atoms. The topological polar surface area (TPSA) is 21.6 Å². The third-order valence-electron chi connectivity index (χ3n) is 3.03. The van der Waals surface area contributed by atoms with Crippen LogP contribution in [0.3, 0.4) is 0 Å². The number of nitrogens with zero attached hydrogens (tertiary/aromatic N) is 1. The van der Waals surface area contributed by atoms with Crippen LogP contribution < -0.4 is 4.74 Å². The monoisotopic (exact) mass is 239 g/mol. The van der Waals surface area contributed by atoms with Gasteiger partial charge in [-0.1, -0.05) is 43.5 Å². The van der Waals surface area contributed by atoms with Crippen molar-refractivity contribution >= 4 is 5.71 Å². The average Bonchev–Trinajstić information content (AvgIpc) is 2.43. The van der Waals surface area contributed by atoms with Gasteiger partial charge >= 0.3 is 0 Å². The Morgan fingerprint density at radius 1 is 1.39 bits per heavy atom. The number of hydrogen-bond acceptors (Lipinski definition) is 2. The van der Waals surface area contributed by atoms with Gasteiger partial charge in [0.2, 0.25) is 0 Å². The second-order valence-corrected chi connectivity index (χ2v) is 4.08. The van der Waals surface area contributed by atoms with E-state index in [-0.39, 0.29) is 6.10 Å². The number of benzene rings is 1. The Hall–Kier alpha value is -2.09. The van der Waals surface area contributed by atoms with Crippen molar-refractivity contribution in [2.75, 3.05) is 7.05 Å². The van der Waals surface area contributed by atoms with E-state index in [1.165, 1.54) is 0 Å². The highest BCUT2D eigenvalue weighted by Crippen LogP contribution is 2.30. The Morgan fingerprint density at radius 2 is 2.17 bits per heavy atom.